The van der Waals surface area contributed by atoms with Gasteiger partial charge in [0.2, 0.25) is 0 Å². The van der Waals surface area contributed by atoms with Crippen LogP contribution < -0.4 is 5.73 Å². The van der Waals surface area contributed by atoms with E-state index in [-0.39, 0.29) is 6.54 Å². The maximum absolute atomic E-state index is 11.9. The van der Waals surface area contributed by atoms with Crippen LogP contribution in [0.2, 0.25) is 0 Å². The number of aryl methyl sites for hydroxylation is 1. The van der Waals surface area contributed by atoms with Crippen LogP contribution in [0.4, 0.5) is 5.69 Å². The molecule has 7 nitrogen and oxygen atoms in total. The van der Waals surface area contributed by atoms with Gasteiger partial charge in [-0.1, -0.05) is 12.1 Å². The minimum atomic E-state index is -3.25. The number of nitrogens with zero attached hydrogens (tertiary/aromatic N) is 4. The molecule has 0 bridgehead atoms. The number of hydrogen-bond donors (Lipinski definition) is 1. The number of nitrogens with two attached hydrogens (primary N) is 1. The number of aromatic nitrogens is 4. The molecule has 2 aromatic rings. The third-order valence-electron chi connectivity index (χ3n) is 3.59. The number of rotatable bonds is 4. The molecule has 2 rings (SSSR count). The highest BCUT2D eigenvalue weighted by molar-refractivity contribution is 7.92. The van der Waals surface area contributed by atoms with E-state index in [1.54, 1.807) is 19.9 Å². The van der Waals surface area contributed by atoms with Crippen LogP contribution >= 0.6 is 0 Å². The molecule has 114 valence electrons. The van der Waals surface area contributed by atoms with E-state index in [4.69, 9.17) is 5.73 Å². The third kappa shape index (κ3) is 2.90. The Morgan fingerprint density at radius 3 is 2.57 bits per heavy atom. The minimum Gasteiger partial charge on any atom is -0.398 e. The lowest BCUT2D eigenvalue weighted by Gasteiger charge is -2.22. The molecular weight excluding hydrogens is 290 g/mol. The fourth-order valence-corrected chi connectivity index (χ4v) is 2.32. The van der Waals surface area contributed by atoms with Crippen LogP contribution in [0.5, 0.6) is 0 Å². The van der Waals surface area contributed by atoms with E-state index in [1.165, 1.54) is 10.9 Å². The molecule has 8 heteroatoms. The van der Waals surface area contributed by atoms with Gasteiger partial charge in [0.15, 0.2) is 15.7 Å². The topological polar surface area (TPSA) is 104 Å². The summed E-state index contributed by atoms with van der Waals surface area (Å²) in [4.78, 5) is 0. The van der Waals surface area contributed by atoms with Gasteiger partial charge in [-0.3, -0.25) is 0 Å². The number of nitrogen functional groups attached to an aromatic ring is 1. The van der Waals surface area contributed by atoms with E-state index < -0.39 is 14.6 Å². The van der Waals surface area contributed by atoms with Crippen LogP contribution in [0.25, 0.3) is 11.4 Å². The first-order valence-electron chi connectivity index (χ1n) is 6.45. The quantitative estimate of drug-likeness (QED) is 0.847. The van der Waals surface area contributed by atoms with Crippen molar-refractivity contribution in [1.29, 1.82) is 0 Å². The van der Waals surface area contributed by atoms with Crippen LogP contribution in [0, 0.1) is 6.92 Å². The average molecular weight is 309 g/mol. The number of sulfone groups is 1. The highest BCUT2D eigenvalue weighted by Gasteiger charge is 2.32. The van der Waals surface area contributed by atoms with Gasteiger partial charge in [0.25, 0.3) is 0 Å². The van der Waals surface area contributed by atoms with Gasteiger partial charge in [-0.25, -0.2) is 13.1 Å². The van der Waals surface area contributed by atoms with Gasteiger partial charge >= 0.3 is 0 Å². The predicted octanol–water partition coefficient (Wildman–Crippen LogP) is 1.05. The zero-order valence-electron chi connectivity index (χ0n) is 12.5. The summed E-state index contributed by atoms with van der Waals surface area (Å²) in [6.45, 7) is 5.36. The maximum Gasteiger partial charge on any atom is 0.184 e. The molecule has 1 heterocycles. The first kappa shape index (κ1) is 15.4. The molecule has 2 N–H and O–H groups in total. The summed E-state index contributed by atoms with van der Waals surface area (Å²) in [5, 5.41) is 11.6. The first-order chi connectivity index (χ1) is 9.63. The highest BCUT2D eigenvalue weighted by Crippen LogP contribution is 2.28. The van der Waals surface area contributed by atoms with Crippen molar-refractivity contribution >= 4 is 15.5 Å². The Bertz CT molecular complexity index is 744. The van der Waals surface area contributed by atoms with Crippen LogP contribution in [-0.2, 0) is 16.4 Å². The maximum atomic E-state index is 11.9. The van der Waals surface area contributed by atoms with E-state index in [9.17, 15) is 8.42 Å². The van der Waals surface area contributed by atoms with Crippen molar-refractivity contribution in [2.75, 3.05) is 12.0 Å². The molecular formula is C13H19N5O2S. The SMILES string of the molecule is Cc1cccc(N)c1-c1nnnn1CC(C)(C)S(C)(=O)=O. The van der Waals surface area contributed by atoms with E-state index in [0.717, 1.165) is 11.1 Å². The summed E-state index contributed by atoms with van der Waals surface area (Å²) >= 11 is 0. The van der Waals surface area contributed by atoms with E-state index in [0.29, 0.717) is 11.5 Å². The number of benzene rings is 1. The molecule has 0 aliphatic heterocycles. The molecule has 0 unspecified atom stereocenters. The number of tetrazole rings is 1. The molecule has 0 saturated heterocycles. The molecule has 1 aromatic carbocycles. The summed E-state index contributed by atoms with van der Waals surface area (Å²) in [6.07, 6.45) is 1.21. The Morgan fingerprint density at radius 2 is 2.00 bits per heavy atom. The van der Waals surface area contributed by atoms with Crippen LogP contribution in [-0.4, -0.2) is 39.6 Å². The number of anilines is 1. The molecule has 1 aromatic heterocycles. The highest BCUT2D eigenvalue weighted by atomic mass is 32.2. The van der Waals surface area contributed by atoms with E-state index >= 15 is 0 Å². The first-order valence-corrected chi connectivity index (χ1v) is 8.34. The van der Waals surface area contributed by atoms with Crippen molar-refractivity contribution in [3.05, 3.63) is 23.8 Å². The molecule has 0 amide bonds. The minimum absolute atomic E-state index is 0.155. The molecule has 0 spiro atoms. The zero-order chi connectivity index (χ0) is 15.8. The zero-order valence-corrected chi connectivity index (χ0v) is 13.3. The van der Waals surface area contributed by atoms with E-state index in [2.05, 4.69) is 15.5 Å². The molecule has 0 fully saturated rings. The molecule has 0 aliphatic carbocycles. The molecule has 0 atom stereocenters. The van der Waals surface area contributed by atoms with Crippen molar-refractivity contribution in [3.8, 4) is 11.4 Å². The normalized spacial score (nSPS) is 12.6. The van der Waals surface area contributed by atoms with Gasteiger partial charge in [-0.05, 0) is 42.8 Å². The second-order valence-electron chi connectivity index (χ2n) is 5.73. The van der Waals surface area contributed by atoms with Crippen molar-refractivity contribution in [2.45, 2.75) is 32.1 Å². The molecule has 0 aliphatic rings. The number of hydrogen-bond acceptors (Lipinski definition) is 6. The fraction of sp³-hybridized carbons (Fsp3) is 0.462. The Labute approximate surface area is 124 Å². The van der Waals surface area contributed by atoms with Crippen LogP contribution in [0.3, 0.4) is 0 Å². The Hall–Kier alpha value is -1.96. The largest absolute Gasteiger partial charge is 0.398 e. The van der Waals surface area contributed by atoms with Crippen molar-refractivity contribution in [3.63, 3.8) is 0 Å². The standard InChI is InChI=1S/C13H19N5O2S/c1-9-6-5-7-10(14)11(9)12-15-16-17-18(12)8-13(2,3)21(4,19)20/h5-7H,8,14H2,1-4H3. The summed E-state index contributed by atoms with van der Waals surface area (Å²) in [7, 11) is -3.25. The Balaban J connectivity index is 2.50. The van der Waals surface area contributed by atoms with E-state index in [1.807, 2.05) is 19.1 Å². The summed E-state index contributed by atoms with van der Waals surface area (Å²) in [5.74, 6) is 0.474. The second-order valence-corrected chi connectivity index (χ2v) is 8.38. The second kappa shape index (κ2) is 5.10. The fourth-order valence-electron chi connectivity index (χ4n) is 1.96. The lowest BCUT2D eigenvalue weighted by Crippen LogP contribution is -2.36. The van der Waals surface area contributed by atoms with Crippen LogP contribution in [0.15, 0.2) is 18.2 Å². The average Bonchev–Trinajstić information content (AvgIpc) is 2.75. The monoisotopic (exact) mass is 309 g/mol. The summed E-state index contributed by atoms with van der Waals surface area (Å²) < 4.78 is 24.2. The van der Waals surface area contributed by atoms with Gasteiger partial charge in [0.1, 0.15) is 0 Å². The van der Waals surface area contributed by atoms with Gasteiger partial charge in [-0.15, -0.1) is 5.10 Å². The smallest absolute Gasteiger partial charge is 0.184 e. The van der Waals surface area contributed by atoms with Crippen molar-refractivity contribution < 1.29 is 8.42 Å². The Morgan fingerprint density at radius 1 is 1.33 bits per heavy atom. The lowest BCUT2D eigenvalue weighted by atomic mass is 10.1. The van der Waals surface area contributed by atoms with Crippen molar-refractivity contribution in [1.82, 2.24) is 20.2 Å². The Kier molecular flexibility index (Phi) is 3.75. The van der Waals surface area contributed by atoms with Gasteiger partial charge in [0.05, 0.1) is 11.3 Å². The predicted molar refractivity (Wildman–Crippen MR) is 81.3 cm³/mol. The third-order valence-corrected chi connectivity index (χ3v) is 5.73. The summed E-state index contributed by atoms with van der Waals surface area (Å²) in [6, 6.07) is 5.53. The molecule has 21 heavy (non-hydrogen) atoms. The molecule has 0 saturated carbocycles. The summed E-state index contributed by atoms with van der Waals surface area (Å²) in [5.41, 5.74) is 8.22. The van der Waals surface area contributed by atoms with Gasteiger partial charge in [-0.2, -0.15) is 0 Å². The van der Waals surface area contributed by atoms with Gasteiger partial charge in [0, 0.05) is 17.5 Å². The van der Waals surface area contributed by atoms with Crippen LogP contribution in [0.1, 0.15) is 19.4 Å². The van der Waals surface area contributed by atoms with Gasteiger partial charge < -0.3 is 5.73 Å². The lowest BCUT2D eigenvalue weighted by molar-refractivity contribution is 0.471. The molecule has 0 radical (unpaired) electrons. The van der Waals surface area contributed by atoms with Crippen molar-refractivity contribution in [2.24, 2.45) is 0 Å².